The number of halogens is 1. The van der Waals surface area contributed by atoms with Crippen LogP contribution in [0.1, 0.15) is 30.6 Å². The van der Waals surface area contributed by atoms with Crippen molar-refractivity contribution in [3.05, 3.63) is 28.8 Å². The lowest BCUT2D eigenvalue weighted by Crippen LogP contribution is -2.25. The van der Waals surface area contributed by atoms with E-state index in [0.717, 1.165) is 32.6 Å². The number of anilines is 1. The van der Waals surface area contributed by atoms with Crippen LogP contribution in [0.5, 0.6) is 0 Å². The number of carboxylic acid groups (broad SMARTS) is 1. The first-order chi connectivity index (χ1) is 9.10. The van der Waals surface area contributed by atoms with Gasteiger partial charge in [-0.15, -0.1) is 0 Å². The Morgan fingerprint density at radius 1 is 1.37 bits per heavy atom. The fraction of sp³-hybridized carbons (Fsp3) is 0.500. The predicted molar refractivity (Wildman–Crippen MR) is 79.3 cm³/mol. The van der Waals surface area contributed by atoms with Gasteiger partial charge in [0.25, 0.3) is 0 Å². The number of aromatic carboxylic acids is 1. The zero-order valence-corrected chi connectivity index (χ0v) is 12.2. The van der Waals surface area contributed by atoms with Crippen molar-refractivity contribution in [1.29, 1.82) is 0 Å². The first kappa shape index (κ1) is 15.8. The van der Waals surface area contributed by atoms with E-state index < -0.39 is 5.97 Å². The van der Waals surface area contributed by atoms with Crippen molar-refractivity contribution < 1.29 is 9.90 Å². The SMILES string of the molecule is CCN(CC)CCCNc1cccc(Cl)c1C(=O)O. The molecule has 0 spiro atoms. The van der Waals surface area contributed by atoms with Gasteiger partial charge in [-0.3, -0.25) is 0 Å². The summed E-state index contributed by atoms with van der Waals surface area (Å²) in [5.74, 6) is -1.00. The predicted octanol–water partition coefficient (Wildman–Crippen LogP) is 3.18. The molecule has 2 N–H and O–H groups in total. The molecule has 106 valence electrons. The standard InChI is InChI=1S/C14H21ClN2O2/c1-3-17(4-2)10-6-9-16-12-8-5-7-11(15)13(12)14(18)19/h5,7-8,16H,3-4,6,9-10H2,1-2H3,(H,18,19). The largest absolute Gasteiger partial charge is 0.478 e. The Hall–Kier alpha value is -1.26. The Morgan fingerprint density at radius 2 is 2.05 bits per heavy atom. The van der Waals surface area contributed by atoms with E-state index in [2.05, 4.69) is 24.1 Å². The van der Waals surface area contributed by atoms with Gasteiger partial charge >= 0.3 is 5.97 Å². The van der Waals surface area contributed by atoms with Gasteiger partial charge in [0.15, 0.2) is 0 Å². The van der Waals surface area contributed by atoms with Crippen molar-refractivity contribution in [3.63, 3.8) is 0 Å². The fourth-order valence-electron chi connectivity index (χ4n) is 1.95. The second-order valence-corrected chi connectivity index (χ2v) is 4.68. The fourth-order valence-corrected chi connectivity index (χ4v) is 2.21. The van der Waals surface area contributed by atoms with Crippen molar-refractivity contribution in [3.8, 4) is 0 Å². The van der Waals surface area contributed by atoms with Crippen LogP contribution in [0.3, 0.4) is 0 Å². The summed E-state index contributed by atoms with van der Waals surface area (Å²) in [7, 11) is 0. The normalized spacial score (nSPS) is 10.7. The molecule has 0 fully saturated rings. The summed E-state index contributed by atoms with van der Waals surface area (Å²) in [5, 5.41) is 12.5. The molecule has 1 rings (SSSR count). The number of hydrogen-bond acceptors (Lipinski definition) is 3. The molecular formula is C14H21ClN2O2. The summed E-state index contributed by atoms with van der Waals surface area (Å²) >= 11 is 5.90. The highest BCUT2D eigenvalue weighted by Crippen LogP contribution is 2.24. The number of hydrogen-bond donors (Lipinski definition) is 2. The topological polar surface area (TPSA) is 52.6 Å². The number of nitrogens with one attached hydrogen (secondary N) is 1. The van der Waals surface area contributed by atoms with Gasteiger partial charge in [-0.1, -0.05) is 31.5 Å². The maximum absolute atomic E-state index is 11.1. The van der Waals surface area contributed by atoms with Crippen LogP contribution in [0.4, 0.5) is 5.69 Å². The van der Waals surface area contributed by atoms with E-state index in [-0.39, 0.29) is 10.6 Å². The van der Waals surface area contributed by atoms with Crippen molar-refractivity contribution in [1.82, 2.24) is 4.90 Å². The maximum Gasteiger partial charge on any atom is 0.339 e. The molecule has 4 nitrogen and oxygen atoms in total. The van der Waals surface area contributed by atoms with Crippen molar-refractivity contribution >= 4 is 23.3 Å². The summed E-state index contributed by atoms with van der Waals surface area (Å²) in [6.07, 6.45) is 0.966. The molecule has 19 heavy (non-hydrogen) atoms. The van der Waals surface area contributed by atoms with E-state index in [1.54, 1.807) is 18.2 Å². The van der Waals surface area contributed by atoms with Gasteiger partial charge in [0.1, 0.15) is 5.56 Å². The van der Waals surface area contributed by atoms with Crippen LogP contribution < -0.4 is 5.32 Å². The van der Waals surface area contributed by atoms with Gasteiger partial charge in [-0.2, -0.15) is 0 Å². The van der Waals surface area contributed by atoms with E-state index in [0.29, 0.717) is 5.69 Å². The van der Waals surface area contributed by atoms with Crippen molar-refractivity contribution in [2.75, 3.05) is 31.5 Å². The minimum Gasteiger partial charge on any atom is -0.478 e. The first-order valence-electron chi connectivity index (χ1n) is 6.58. The molecule has 0 bridgehead atoms. The third-order valence-corrected chi connectivity index (χ3v) is 3.40. The Balaban J connectivity index is 2.54. The molecule has 0 saturated heterocycles. The molecule has 0 atom stereocenters. The summed E-state index contributed by atoms with van der Waals surface area (Å²) in [5.41, 5.74) is 0.728. The van der Waals surface area contributed by atoms with Gasteiger partial charge in [-0.25, -0.2) is 4.79 Å². The van der Waals surface area contributed by atoms with Gasteiger partial charge in [0.2, 0.25) is 0 Å². The molecule has 0 aromatic heterocycles. The molecule has 1 aromatic carbocycles. The number of rotatable bonds is 8. The summed E-state index contributed by atoms with van der Waals surface area (Å²) < 4.78 is 0. The van der Waals surface area contributed by atoms with Crippen LogP contribution in [0, 0.1) is 0 Å². The third-order valence-electron chi connectivity index (χ3n) is 3.09. The first-order valence-corrected chi connectivity index (χ1v) is 6.96. The summed E-state index contributed by atoms with van der Waals surface area (Å²) in [6.45, 7) is 8.08. The minimum atomic E-state index is -1.00. The molecule has 0 radical (unpaired) electrons. The quantitative estimate of drug-likeness (QED) is 0.720. The number of benzene rings is 1. The molecule has 0 aliphatic carbocycles. The molecule has 1 aromatic rings. The molecule has 0 aliphatic rings. The van der Waals surface area contributed by atoms with Gasteiger partial charge in [0, 0.05) is 6.54 Å². The number of carbonyl (C=O) groups is 1. The van der Waals surface area contributed by atoms with Crippen LogP contribution in [0.2, 0.25) is 5.02 Å². The van der Waals surface area contributed by atoms with E-state index in [4.69, 9.17) is 16.7 Å². The van der Waals surface area contributed by atoms with Crippen LogP contribution >= 0.6 is 11.6 Å². The van der Waals surface area contributed by atoms with E-state index >= 15 is 0 Å². The van der Waals surface area contributed by atoms with Crippen LogP contribution in [-0.4, -0.2) is 42.2 Å². The zero-order chi connectivity index (χ0) is 14.3. The third kappa shape index (κ3) is 4.73. The lowest BCUT2D eigenvalue weighted by atomic mass is 10.1. The second-order valence-electron chi connectivity index (χ2n) is 4.27. The van der Waals surface area contributed by atoms with Crippen molar-refractivity contribution in [2.45, 2.75) is 20.3 Å². The Kier molecular flexibility index (Phi) is 6.67. The highest BCUT2D eigenvalue weighted by Gasteiger charge is 2.13. The molecule has 0 unspecified atom stereocenters. The minimum absolute atomic E-state index is 0.145. The molecule has 0 aliphatic heterocycles. The lowest BCUT2D eigenvalue weighted by molar-refractivity contribution is 0.0698. The van der Waals surface area contributed by atoms with Gasteiger partial charge in [0.05, 0.1) is 10.7 Å². The maximum atomic E-state index is 11.1. The van der Waals surface area contributed by atoms with Crippen LogP contribution in [0.25, 0.3) is 0 Å². The average Bonchev–Trinajstić information content (AvgIpc) is 2.38. The Labute approximate surface area is 119 Å². The monoisotopic (exact) mass is 284 g/mol. The number of nitrogens with zero attached hydrogens (tertiary/aromatic N) is 1. The van der Waals surface area contributed by atoms with Crippen LogP contribution in [0.15, 0.2) is 18.2 Å². The van der Waals surface area contributed by atoms with E-state index in [9.17, 15) is 4.79 Å². The highest BCUT2D eigenvalue weighted by molar-refractivity contribution is 6.34. The zero-order valence-electron chi connectivity index (χ0n) is 11.4. The van der Waals surface area contributed by atoms with E-state index in [1.165, 1.54) is 0 Å². The van der Waals surface area contributed by atoms with Crippen molar-refractivity contribution in [2.24, 2.45) is 0 Å². The molecule has 0 amide bonds. The summed E-state index contributed by atoms with van der Waals surface area (Å²) in [4.78, 5) is 13.5. The van der Waals surface area contributed by atoms with Gasteiger partial charge in [-0.05, 0) is 38.2 Å². The Bertz CT molecular complexity index is 420. The smallest absolute Gasteiger partial charge is 0.339 e. The Morgan fingerprint density at radius 3 is 2.63 bits per heavy atom. The molecule has 0 saturated carbocycles. The lowest BCUT2D eigenvalue weighted by Gasteiger charge is -2.18. The average molecular weight is 285 g/mol. The van der Waals surface area contributed by atoms with Crippen LogP contribution in [-0.2, 0) is 0 Å². The second kappa shape index (κ2) is 8.02. The highest BCUT2D eigenvalue weighted by atomic mass is 35.5. The molecule has 5 heteroatoms. The molecule has 0 heterocycles. The molecular weight excluding hydrogens is 264 g/mol. The van der Waals surface area contributed by atoms with E-state index in [1.807, 2.05) is 0 Å². The number of carboxylic acids is 1. The van der Waals surface area contributed by atoms with Gasteiger partial charge < -0.3 is 15.3 Å². The summed E-state index contributed by atoms with van der Waals surface area (Å²) in [6, 6.07) is 5.08.